The van der Waals surface area contributed by atoms with Crippen molar-refractivity contribution in [3.05, 3.63) is 12.2 Å². The molecular formula is C9H18N4O3S. The van der Waals surface area contributed by atoms with Gasteiger partial charge in [-0.15, -0.1) is 0 Å². The first-order valence-electron chi connectivity index (χ1n) is 5.45. The lowest BCUT2D eigenvalue weighted by atomic mass is 10.4. The van der Waals surface area contributed by atoms with E-state index in [-0.39, 0.29) is 12.3 Å². The second-order valence-corrected chi connectivity index (χ2v) is 5.88. The lowest BCUT2D eigenvalue weighted by Gasteiger charge is -2.08. The van der Waals surface area contributed by atoms with Gasteiger partial charge in [0.05, 0.1) is 12.3 Å². The fraction of sp³-hybridized carbons (Fsp3) is 0.778. The summed E-state index contributed by atoms with van der Waals surface area (Å²) >= 11 is 0. The third-order valence-electron chi connectivity index (χ3n) is 2.00. The van der Waals surface area contributed by atoms with Crippen LogP contribution >= 0.6 is 0 Å². The van der Waals surface area contributed by atoms with Crippen molar-refractivity contribution in [2.24, 2.45) is 0 Å². The van der Waals surface area contributed by atoms with Crippen molar-refractivity contribution in [2.45, 2.75) is 32.9 Å². The highest BCUT2D eigenvalue weighted by molar-refractivity contribution is 7.89. The number of hydrogen-bond donors (Lipinski definition) is 2. The summed E-state index contributed by atoms with van der Waals surface area (Å²) in [4.78, 5) is 3.72. The van der Waals surface area contributed by atoms with Crippen LogP contribution in [0.3, 0.4) is 0 Å². The van der Waals surface area contributed by atoms with E-state index in [4.69, 9.17) is 0 Å². The van der Waals surface area contributed by atoms with Crippen molar-refractivity contribution in [1.82, 2.24) is 20.2 Å². The quantitative estimate of drug-likeness (QED) is 0.634. The first kappa shape index (κ1) is 14.1. The fourth-order valence-electron chi connectivity index (χ4n) is 1.17. The Labute approximate surface area is 101 Å². The molecule has 0 amide bonds. The maximum Gasteiger partial charge on any atom is 0.213 e. The van der Waals surface area contributed by atoms with E-state index in [9.17, 15) is 8.42 Å². The van der Waals surface area contributed by atoms with Crippen LogP contribution in [0, 0.1) is 0 Å². The molecule has 1 aromatic rings. The molecule has 17 heavy (non-hydrogen) atoms. The first-order chi connectivity index (χ1) is 7.99. The van der Waals surface area contributed by atoms with Crippen molar-refractivity contribution >= 4 is 10.0 Å². The van der Waals surface area contributed by atoms with Gasteiger partial charge in [-0.3, -0.25) is 0 Å². The third-order valence-corrected chi connectivity index (χ3v) is 3.41. The van der Waals surface area contributed by atoms with Gasteiger partial charge in [0, 0.05) is 6.04 Å². The van der Waals surface area contributed by atoms with E-state index in [0.29, 0.717) is 24.8 Å². The SMILES string of the molecule is CC(C)NCCCS(=O)(=O)NCc1ncon1. The second-order valence-electron chi connectivity index (χ2n) is 3.95. The lowest BCUT2D eigenvalue weighted by molar-refractivity contribution is 0.409. The summed E-state index contributed by atoms with van der Waals surface area (Å²) in [6.07, 6.45) is 1.73. The summed E-state index contributed by atoms with van der Waals surface area (Å²) in [6, 6.07) is 0.366. The van der Waals surface area contributed by atoms with E-state index in [1.807, 2.05) is 13.8 Å². The van der Waals surface area contributed by atoms with E-state index in [1.165, 1.54) is 0 Å². The minimum Gasteiger partial charge on any atom is -0.343 e. The Bertz CT molecular complexity index is 402. The van der Waals surface area contributed by atoms with Gasteiger partial charge in [0.1, 0.15) is 0 Å². The van der Waals surface area contributed by atoms with Crippen LogP contribution in [-0.4, -0.2) is 36.9 Å². The highest BCUT2D eigenvalue weighted by Gasteiger charge is 2.10. The summed E-state index contributed by atoms with van der Waals surface area (Å²) < 4.78 is 30.0. The normalized spacial score (nSPS) is 12.2. The van der Waals surface area contributed by atoms with Crippen LogP contribution in [0.1, 0.15) is 26.1 Å². The highest BCUT2D eigenvalue weighted by atomic mass is 32.2. The van der Waals surface area contributed by atoms with Gasteiger partial charge in [0.15, 0.2) is 5.82 Å². The minimum atomic E-state index is -3.27. The molecular weight excluding hydrogens is 244 g/mol. The van der Waals surface area contributed by atoms with E-state index >= 15 is 0 Å². The molecule has 0 aliphatic carbocycles. The van der Waals surface area contributed by atoms with Gasteiger partial charge >= 0.3 is 0 Å². The molecule has 1 rings (SSSR count). The monoisotopic (exact) mass is 262 g/mol. The molecule has 7 nitrogen and oxygen atoms in total. The molecule has 0 aliphatic rings. The summed E-state index contributed by atoms with van der Waals surface area (Å²) in [7, 11) is -3.27. The maximum absolute atomic E-state index is 11.5. The molecule has 0 saturated carbocycles. The first-order valence-corrected chi connectivity index (χ1v) is 7.11. The number of sulfonamides is 1. The van der Waals surface area contributed by atoms with E-state index in [1.54, 1.807) is 0 Å². The molecule has 0 fully saturated rings. The van der Waals surface area contributed by atoms with Gasteiger partial charge in [-0.05, 0) is 13.0 Å². The van der Waals surface area contributed by atoms with Gasteiger partial charge < -0.3 is 9.84 Å². The molecule has 0 atom stereocenters. The summed E-state index contributed by atoms with van der Waals surface area (Å²) in [6.45, 7) is 4.78. The molecule has 1 heterocycles. The average molecular weight is 262 g/mol. The largest absolute Gasteiger partial charge is 0.343 e. The fourth-order valence-corrected chi connectivity index (χ4v) is 2.19. The smallest absolute Gasteiger partial charge is 0.213 e. The van der Waals surface area contributed by atoms with Crippen LogP contribution < -0.4 is 10.0 Å². The Hall–Kier alpha value is -0.990. The van der Waals surface area contributed by atoms with Crippen LogP contribution in [0.25, 0.3) is 0 Å². The molecule has 8 heteroatoms. The van der Waals surface area contributed by atoms with Crippen LogP contribution in [0.5, 0.6) is 0 Å². The summed E-state index contributed by atoms with van der Waals surface area (Å²) in [5.74, 6) is 0.416. The van der Waals surface area contributed by atoms with Crippen molar-refractivity contribution in [1.29, 1.82) is 0 Å². The van der Waals surface area contributed by atoms with Crippen LogP contribution in [-0.2, 0) is 16.6 Å². The van der Waals surface area contributed by atoms with Crippen molar-refractivity contribution in [2.75, 3.05) is 12.3 Å². The zero-order valence-corrected chi connectivity index (χ0v) is 10.8. The number of nitrogens with one attached hydrogen (secondary N) is 2. The van der Waals surface area contributed by atoms with Gasteiger partial charge in [-0.2, -0.15) is 4.98 Å². The standard InChI is InChI=1S/C9H18N4O3S/c1-8(2)10-4-3-5-17(14,15)12-6-9-11-7-16-13-9/h7-8,10,12H,3-6H2,1-2H3. The molecule has 0 radical (unpaired) electrons. The zero-order valence-electron chi connectivity index (χ0n) is 10.0. The second kappa shape index (κ2) is 6.67. The van der Waals surface area contributed by atoms with Crippen LogP contribution in [0.2, 0.25) is 0 Å². The van der Waals surface area contributed by atoms with Crippen molar-refractivity contribution < 1.29 is 12.9 Å². The molecule has 0 saturated heterocycles. The lowest BCUT2D eigenvalue weighted by Crippen LogP contribution is -2.30. The number of hydrogen-bond acceptors (Lipinski definition) is 6. The van der Waals surface area contributed by atoms with Crippen LogP contribution in [0.4, 0.5) is 0 Å². The van der Waals surface area contributed by atoms with Gasteiger partial charge in [0.2, 0.25) is 16.4 Å². The molecule has 0 aliphatic heterocycles. The predicted octanol–water partition coefficient (Wildman–Crippen LogP) is -0.123. The van der Waals surface area contributed by atoms with Gasteiger partial charge in [-0.25, -0.2) is 13.1 Å². The Morgan fingerprint density at radius 3 is 2.82 bits per heavy atom. The maximum atomic E-state index is 11.5. The van der Waals surface area contributed by atoms with E-state index < -0.39 is 10.0 Å². The molecule has 98 valence electrons. The Kier molecular flexibility index (Phi) is 5.52. The van der Waals surface area contributed by atoms with Crippen molar-refractivity contribution in [3.63, 3.8) is 0 Å². The number of nitrogens with zero attached hydrogens (tertiary/aromatic N) is 2. The third kappa shape index (κ3) is 6.35. The minimum absolute atomic E-state index is 0.0659. The van der Waals surface area contributed by atoms with Gasteiger partial charge in [0.25, 0.3) is 0 Å². The van der Waals surface area contributed by atoms with E-state index in [2.05, 4.69) is 24.7 Å². The van der Waals surface area contributed by atoms with Crippen molar-refractivity contribution in [3.8, 4) is 0 Å². The average Bonchev–Trinajstić information content (AvgIpc) is 2.74. The summed E-state index contributed by atoms with van der Waals surface area (Å²) in [5, 5.41) is 6.67. The molecule has 0 bridgehead atoms. The zero-order chi connectivity index (χ0) is 12.7. The predicted molar refractivity (Wildman–Crippen MR) is 62.7 cm³/mol. The highest BCUT2D eigenvalue weighted by Crippen LogP contribution is 1.93. The summed E-state index contributed by atoms with van der Waals surface area (Å²) in [5.41, 5.74) is 0. The van der Waals surface area contributed by atoms with Gasteiger partial charge in [-0.1, -0.05) is 19.0 Å². The molecule has 0 unspecified atom stereocenters. The molecule has 2 N–H and O–H groups in total. The molecule has 0 spiro atoms. The van der Waals surface area contributed by atoms with Crippen LogP contribution in [0.15, 0.2) is 10.9 Å². The molecule has 1 aromatic heterocycles. The number of rotatable bonds is 8. The topological polar surface area (TPSA) is 97.1 Å². The number of aromatic nitrogens is 2. The van der Waals surface area contributed by atoms with E-state index in [0.717, 1.165) is 6.39 Å². The Balaban J connectivity index is 2.22. The molecule has 0 aromatic carbocycles. The Morgan fingerprint density at radius 1 is 1.47 bits per heavy atom. The Morgan fingerprint density at radius 2 is 2.24 bits per heavy atom.